The molecule has 0 saturated heterocycles. The third-order valence-electron chi connectivity index (χ3n) is 3.89. The number of aliphatic hydroxyl groups excluding tert-OH is 2. The Morgan fingerprint density at radius 1 is 1.05 bits per heavy atom. The van der Waals surface area contributed by atoms with Crippen molar-refractivity contribution in [2.75, 3.05) is 26.8 Å². The summed E-state index contributed by atoms with van der Waals surface area (Å²) in [6, 6.07) is 12.5. The molecule has 0 radical (unpaired) electrons. The second-order valence-corrected chi connectivity index (χ2v) is 6.48. The van der Waals surface area contributed by atoms with Gasteiger partial charge < -0.3 is 19.7 Å². The molecule has 0 aliphatic rings. The lowest BCUT2D eigenvalue weighted by molar-refractivity contribution is 0.0402. The summed E-state index contributed by atoms with van der Waals surface area (Å²) in [5.41, 5.74) is 2.06. The average Bonchev–Trinajstić information content (AvgIpc) is 2.95. The fourth-order valence-corrected chi connectivity index (χ4v) is 2.65. The van der Waals surface area contributed by atoms with Gasteiger partial charge in [-0.25, -0.2) is 0 Å². The van der Waals surface area contributed by atoms with E-state index < -0.39 is 5.41 Å². The van der Waals surface area contributed by atoms with Crippen molar-refractivity contribution in [3.8, 4) is 0 Å². The maximum absolute atomic E-state index is 9.38. The molecule has 4 heteroatoms. The Morgan fingerprint density at radius 2 is 1.73 bits per heavy atom. The van der Waals surface area contributed by atoms with E-state index in [1.54, 1.807) is 0 Å². The molecular weight excluding hydrogens is 276 g/mol. The first-order valence-electron chi connectivity index (χ1n) is 7.63. The molecule has 2 aromatic rings. The van der Waals surface area contributed by atoms with Crippen molar-refractivity contribution >= 4 is 0 Å². The first-order chi connectivity index (χ1) is 10.5. The van der Waals surface area contributed by atoms with Crippen molar-refractivity contribution in [2.24, 2.45) is 5.41 Å². The van der Waals surface area contributed by atoms with E-state index in [2.05, 4.69) is 52.2 Å². The zero-order valence-corrected chi connectivity index (χ0v) is 13.4. The Morgan fingerprint density at radius 3 is 2.36 bits per heavy atom. The van der Waals surface area contributed by atoms with E-state index in [4.69, 9.17) is 0 Å². The van der Waals surface area contributed by atoms with Crippen LogP contribution in [-0.4, -0.2) is 46.5 Å². The van der Waals surface area contributed by atoms with E-state index in [1.807, 2.05) is 20.0 Å². The molecule has 0 unspecified atom stereocenters. The number of nitrogens with zero attached hydrogens (tertiary/aromatic N) is 2. The predicted molar refractivity (Wildman–Crippen MR) is 88.6 cm³/mol. The van der Waals surface area contributed by atoms with Crippen LogP contribution in [0.1, 0.15) is 18.1 Å². The van der Waals surface area contributed by atoms with Gasteiger partial charge in [0.1, 0.15) is 0 Å². The Labute approximate surface area is 132 Å². The van der Waals surface area contributed by atoms with E-state index in [1.165, 1.54) is 11.1 Å². The van der Waals surface area contributed by atoms with Crippen molar-refractivity contribution in [3.05, 3.63) is 59.9 Å². The van der Waals surface area contributed by atoms with Crippen molar-refractivity contribution in [3.63, 3.8) is 0 Å². The van der Waals surface area contributed by atoms with Crippen LogP contribution in [0, 0.1) is 5.41 Å². The molecule has 1 aromatic carbocycles. The molecule has 4 nitrogen and oxygen atoms in total. The van der Waals surface area contributed by atoms with E-state index in [-0.39, 0.29) is 13.2 Å². The van der Waals surface area contributed by atoms with Crippen LogP contribution < -0.4 is 0 Å². The molecule has 0 aliphatic heterocycles. The van der Waals surface area contributed by atoms with Crippen molar-refractivity contribution < 1.29 is 10.2 Å². The average molecular weight is 302 g/mol. The summed E-state index contributed by atoms with van der Waals surface area (Å²) in [4.78, 5) is 2.13. The Balaban J connectivity index is 1.91. The number of hydrogen-bond donors (Lipinski definition) is 2. The van der Waals surface area contributed by atoms with Crippen molar-refractivity contribution in [1.29, 1.82) is 0 Å². The van der Waals surface area contributed by atoms with Gasteiger partial charge in [-0.15, -0.1) is 0 Å². The van der Waals surface area contributed by atoms with Crippen LogP contribution in [0.15, 0.2) is 48.8 Å². The SMILES string of the molecule is CN(Cc1ccn(Cc2ccccc2)c1)CC(C)(CO)CO. The second kappa shape index (κ2) is 7.58. The van der Waals surface area contributed by atoms with Crippen LogP contribution in [0.5, 0.6) is 0 Å². The van der Waals surface area contributed by atoms with Gasteiger partial charge in [0.15, 0.2) is 0 Å². The van der Waals surface area contributed by atoms with Crippen LogP contribution in [0.3, 0.4) is 0 Å². The Hall–Kier alpha value is -1.62. The molecule has 0 bridgehead atoms. The molecule has 1 aromatic heterocycles. The molecule has 0 amide bonds. The maximum Gasteiger partial charge on any atom is 0.0519 e. The molecule has 2 N–H and O–H groups in total. The van der Waals surface area contributed by atoms with Crippen LogP contribution in [0.25, 0.3) is 0 Å². The molecule has 22 heavy (non-hydrogen) atoms. The monoisotopic (exact) mass is 302 g/mol. The van der Waals surface area contributed by atoms with Gasteiger partial charge in [0.05, 0.1) is 13.2 Å². The van der Waals surface area contributed by atoms with Gasteiger partial charge in [0.25, 0.3) is 0 Å². The van der Waals surface area contributed by atoms with E-state index in [9.17, 15) is 10.2 Å². The third-order valence-corrected chi connectivity index (χ3v) is 3.89. The molecule has 2 rings (SSSR count). The minimum atomic E-state index is -0.457. The standard InChI is InChI=1S/C18H26N2O2/c1-18(14-21,15-22)13-19(2)10-17-8-9-20(12-17)11-16-6-4-3-5-7-16/h3-9,12,21-22H,10-11,13-15H2,1-2H3. The fourth-order valence-electron chi connectivity index (χ4n) is 2.65. The van der Waals surface area contributed by atoms with Gasteiger partial charge >= 0.3 is 0 Å². The minimum Gasteiger partial charge on any atom is -0.396 e. The largest absolute Gasteiger partial charge is 0.396 e. The molecule has 0 spiro atoms. The second-order valence-electron chi connectivity index (χ2n) is 6.48. The maximum atomic E-state index is 9.38. The van der Waals surface area contributed by atoms with Crippen LogP contribution in [0.2, 0.25) is 0 Å². The van der Waals surface area contributed by atoms with Gasteiger partial charge in [-0.2, -0.15) is 0 Å². The lowest BCUT2D eigenvalue weighted by atomic mass is 9.92. The van der Waals surface area contributed by atoms with Gasteiger partial charge in [0, 0.05) is 37.4 Å². The molecule has 0 fully saturated rings. The first-order valence-corrected chi connectivity index (χ1v) is 7.63. The van der Waals surface area contributed by atoms with E-state index in [0.717, 1.165) is 13.1 Å². The third kappa shape index (κ3) is 4.70. The molecule has 1 heterocycles. The molecule has 0 aliphatic carbocycles. The van der Waals surface area contributed by atoms with Crippen LogP contribution >= 0.6 is 0 Å². The summed E-state index contributed by atoms with van der Waals surface area (Å²) < 4.78 is 2.18. The summed E-state index contributed by atoms with van der Waals surface area (Å²) in [7, 11) is 2.01. The highest BCUT2D eigenvalue weighted by molar-refractivity contribution is 5.17. The molecular formula is C18H26N2O2. The predicted octanol–water partition coefficient (Wildman–Crippen LogP) is 1.96. The topological polar surface area (TPSA) is 48.6 Å². The highest BCUT2D eigenvalue weighted by Gasteiger charge is 2.24. The fraction of sp³-hybridized carbons (Fsp3) is 0.444. The highest BCUT2D eigenvalue weighted by Crippen LogP contribution is 2.17. The highest BCUT2D eigenvalue weighted by atomic mass is 16.3. The zero-order valence-electron chi connectivity index (χ0n) is 13.4. The summed E-state index contributed by atoms with van der Waals surface area (Å²) in [6.45, 7) is 4.20. The Bertz CT molecular complexity index is 561. The van der Waals surface area contributed by atoms with Gasteiger partial charge in [-0.1, -0.05) is 37.3 Å². The number of hydrogen-bond acceptors (Lipinski definition) is 3. The smallest absolute Gasteiger partial charge is 0.0519 e. The quantitative estimate of drug-likeness (QED) is 0.784. The van der Waals surface area contributed by atoms with Gasteiger partial charge in [-0.3, -0.25) is 0 Å². The van der Waals surface area contributed by atoms with Crippen molar-refractivity contribution in [2.45, 2.75) is 20.0 Å². The zero-order chi connectivity index (χ0) is 16.0. The first kappa shape index (κ1) is 16.7. The van der Waals surface area contributed by atoms with Crippen molar-refractivity contribution in [1.82, 2.24) is 9.47 Å². The lowest BCUT2D eigenvalue weighted by Crippen LogP contribution is -2.38. The van der Waals surface area contributed by atoms with Crippen LogP contribution in [-0.2, 0) is 13.1 Å². The summed E-state index contributed by atoms with van der Waals surface area (Å²) in [5, 5.41) is 18.8. The number of rotatable bonds is 8. The minimum absolute atomic E-state index is 0.0111. The molecule has 120 valence electrons. The Kier molecular flexibility index (Phi) is 5.77. The van der Waals surface area contributed by atoms with Gasteiger partial charge in [0.2, 0.25) is 0 Å². The summed E-state index contributed by atoms with van der Waals surface area (Å²) in [6.07, 6.45) is 4.24. The summed E-state index contributed by atoms with van der Waals surface area (Å²) >= 11 is 0. The lowest BCUT2D eigenvalue weighted by Gasteiger charge is -2.30. The normalized spacial score (nSPS) is 12.0. The number of benzene rings is 1. The summed E-state index contributed by atoms with van der Waals surface area (Å²) in [5.74, 6) is 0. The van der Waals surface area contributed by atoms with Crippen LogP contribution in [0.4, 0.5) is 0 Å². The van der Waals surface area contributed by atoms with E-state index >= 15 is 0 Å². The van der Waals surface area contributed by atoms with E-state index in [0.29, 0.717) is 6.54 Å². The number of aromatic nitrogens is 1. The number of aliphatic hydroxyl groups is 2. The molecule has 0 atom stereocenters. The molecule has 0 saturated carbocycles. The van der Waals surface area contributed by atoms with Gasteiger partial charge in [-0.05, 0) is 24.2 Å².